The zero-order valence-electron chi connectivity index (χ0n) is 12.8. The Morgan fingerprint density at radius 1 is 1.24 bits per heavy atom. The Morgan fingerprint density at radius 3 is 2.48 bits per heavy atom. The largest absolute Gasteiger partial charge is 0.442 e. The molecule has 1 heterocycles. The summed E-state index contributed by atoms with van der Waals surface area (Å²) in [5.41, 5.74) is 2.07. The van der Waals surface area contributed by atoms with E-state index in [9.17, 15) is 4.79 Å². The van der Waals surface area contributed by atoms with Gasteiger partial charge in [-0.2, -0.15) is 9.78 Å². The van der Waals surface area contributed by atoms with Gasteiger partial charge in [0, 0.05) is 17.3 Å². The van der Waals surface area contributed by atoms with E-state index in [0.29, 0.717) is 0 Å². The summed E-state index contributed by atoms with van der Waals surface area (Å²) in [6.07, 6.45) is 5.06. The van der Waals surface area contributed by atoms with Crippen molar-refractivity contribution >= 4 is 12.2 Å². The molecule has 2 aromatic rings. The first-order chi connectivity index (χ1) is 9.90. The van der Waals surface area contributed by atoms with Gasteiger partial charge in [-0.1, -0.05) is 42.5 Å². The van der Waals surface area contributed by atoms with Crippen LogP contribution in [0.5, 0.6) is 0 Å². The molecule has 0 unspecified atom stereocenters. The molecule has 0 bridgehead atoms. The summed E-state index contributed by atoms with van der Waals surface area (Å²) in [7, 11) is 0. The first kappa shape index (κ1) is 15.0. The smallest absolute Gasteiger partial charge is 0.435 e. The number of allylic oxidation sites excluding steroid dienone is 1. The molecule has 110 valence electrons. The van der Waals surface area contributed by atoms with Crippen LogP contribution >= 0.6 is 0 Å². The normalized spacial score (nSPS) is 11.8. The van der Waals surface area contributed by atoms with E-state index < -0.39 is 11.7 Å². The van der Waals surface area contributed by atoms with Crippen LogP contribution in [-0.2, 0) is 4.74 Å². The molecular formula is C17H20N2O2. The van der Waals surface area contributed by atoms with Crippen molar-refractivity contribution in [3.63, 3.8) is 0 Å². The first-order valence-corrected chi connectivity index (χ1v) is 6.92. The van der Waals surface area contributed by atoms with Gasteiger partial charge in [0.1, 0.15) is 11.3 Å². The van der Waals surface area contributed by atoms with Crippen molar-refractivity contribution < 1.29 is 9.53 Å². The molecule has 1 aromatic heterocycles. The molecule has 0 amide bonds. The quantitative estimate of drug-likeness (QED) is 0.822. The van der Waals surface area contributed by atoms with Crippen LogP contribution in [0, 0.1) is 0 Å². The van der Waals surface area contributed by atoms with Gasteiger partial charge in [0.15, 0.2) is 0 Å². The summed E-state index contributed by atoms with van der Waals surface area (Å²) < 4.78 is 6.60. The van der Waals surface area contributed by atoms with Crippen LogP contribution in [-0.4, -0.2) is 21.5 Å². The number of ether oxygens (including phenoxy) is 1. The number of carbonyl (C=O) groups excluding carboxylic acids is 1. The third-order valence-corrected chi connectivity index (χ3v) is 2.72. The topological polar surface area (TPSA) is 44.1 Å². The first-order valence-electron chi connectivity index (χ1n) is 6.92. The Kier molecular flexibility index (Phi) is 4.26. The highest BCUT2D eigenvalue weighted by atomic mass is 16.6. The highest BCUT2D eigenvalue weighted by molar-refractivity contribution is 5.76. The van der Waals surface area contributed by atoms with E-state index in [-0.39, 0.29) is 0 Å². The average molecular weight is 284 g/mol. The molecule has 0 atom stereocenters. The van der Waals surface area contributed by atoms with E-state index in [1.165, 1.54) is 4.68 Å². The van der Waals surface area contributed by atoms with Gasteiger partial charge in [-0.05, 0) is 27.7 Å². The number of rotatable bonds is 2. The van der Waals surface area contributed by atoms with Gasteiger partial charge in [-0.3, -0.25) is 0 Å². The van der Waals surface area contributed by atoms with Gasteiger partial charge in [-0.15, -0.1) is 0 Å². The van der Waals surface area contributed by atoms with Gasteiger partial charge in [0.05, 0.1) is 0 Å². The number of benzene rings is 1. The molecule has 0 aliphatic carbocycles. The molecule has 0 fully saturated rings. The van der Waals surface area contributed by atoms with Crippen molar-refractivity contribution in [1.29, 1.82) is 0 Å². The van der Waals surface area contributed by atoms with Crippen LogP contribution < -0.4 is 0 Å². The zero-order chi connectivity index (χ0) is 15.5. The lowest BCUT2D eigenvalue weighted by Crippen LogP contribution is -2.27. The van der Waals surface area contributed by atoms with E-state index in [2.05, 4.69) is 5.10 Å². The van der Waals surface area contributed by atoms with Gasteiger partial charge in [0.25, 0.3) is 0 Å². The second-order valence-corrected chi connectivity index (χ2v) is 5.72. The van der Waals surface area contributed by atoms with Crippen LogP contribution in [0.4, 0.5) is 4.79 Å². The lowest BCUT2D eigenvalue weighted by molar-refractivity contribution is 0.0515. The molecule has 0 aliphatic heterocycles. The average Bonchev–Trinajstić information content (AvgIpc) is 2.82. The van der Waals surface area contributed by atoms with E-state index in [0.717, 1.165) is 16.8 Å². The maximum atomic E-state index is 12.1. The summed E-state index contributed by atoms with van der Waals surface area (Å²) in [5.74, 6) is 0. The third kappa shape index (κ3) is 3.81. The molecule has 0 saturated carbocycles. The standard InChI is InChI=1S/C17H20N2O2/c1-5-9-14-12-19(16(20)21-17(2,3)4)18-15(14)13-10-7-6-8-11-13/h5-12H,1-4H3. The van der Waals surface area contributed by atoms with Crippen LogP contribution in [0.3, 0.4) is 0 Å². The Bertz CT molecular complexity index is 649. The molecule has 0 spiro atoms. The van der Waals surface area contributed by atoms with Gasteiger partial charge >= 0.3 is 6.09 Å². The predicted octanol–water partition coefficient (Wildman–Crippen LogP) is 4.37. The minimum atomic E-state index is -0.545. The van der Waals surface area contributed by atoms with E-state index in [1.54, 1.807) is 6.20 Å². The summed E-state index contributed by atoms with van der Waals surface area (Å²) in [5, 5.41) is 4.37. The highest BCUT2D eigenvalue weighted by Gasteiger charge is 2.20. The van der Waals surface area contributed by atoms with Crippen LogP contribution in [0.15, 0.2) is 42.6 Å². The Labute approximate surface area is 125 Å². The molecular weight excluding hydrogens is 264 g/mol. The Hall–Kier alpha value is -2.36. The second kappa shape index (κ2) is 5.95. The molecule has 0 aliphatic rings. The van der Waals surface area contributed by atoms with Crippen LogP contribution in [0.2, 0.25) is 0 Å². The molecule has 1 aromatic carbocycles. The maximum absolute atomic E-state index is 12.1. The molecule has 0 saturated heterocycles. The van der Waals surface area contributed by atoms with Crippen molar-refractivity contribution in [3.05, 3.63) is 48.2 Å². The molecule has 0 N–H and O–H groups in total. The monoisotopic (exact) mass is 284 g/mol. The van der Waals surface area contributed by atoms with Crippen molar-refractivity contribution in [2.45, 2.75) is 33.3 Å². The van der Waals surface area contributed by atoms with E-state index in [4.69, 9.17) is 4.74 Å². The molecule has 0 radical (unpaired) electrons. The number of hydrogen-bond acceptors (Lipinski definition) is 3. The molecule has 4 nitrogen and oxygen atoms in total. The van der Waals surface area contributed by atoms with E-state index in [1.807, 2.05) is 70.2 Å². The third-order valence-electron chi connectivity index (χ3n) is 2.72. The molecule has 4 heteroatoms. The highest BCUT2D eigenvalue weighted by Crippen LogP contribution is 2.23. The Morgan fingerprint density at radius 2 is 1.90 bits per heavy atom. The summed E-state index contributed by atoms with van der Waals surface area (Å²) in [6, 6.07) is 9.77. The Balaban J connectivity index is 2.41. The van der Waals surface area contributed by atoms with Crippen molar-refractivity contribution in [2.24, 2.45) is 0 Å². The van der Waals surface area contributed by atoms with Crippen LogP contribution in [0.1, 0.15) is 33.3 Å². The fourth-order valence-corrected chi connectivity index (χ4v) is 1.91. The minimum absolute atomic E-state index is 0.476. The van der Waals surface area contributed by atoms with Crippen molar-refractivity contribution in [3.8, 4) is 11.3 Å². The minimum Gasteiger partial charge on any atom is -0.442 e. The van der Waals surface area contributed by atoms with Crippen molar-refractivity contribution in [2.75, 3.05) is 0 Å². The van der Waals surface area contributed by atoms with Crippen LogP contribution in [0.25, 0.3) is 17.3 Å². The SMILES string of the molecule is CC=Cc1cn(C(=O)OC(C)(C)C)nc1-c1ccccc1. The maximum Gasteiger partial charge on any atom is 0.435 e. The number of carbonyl (C=O) groups is 1. The predicted molar refractivity (Wildman–Crippen MR) is 84.0 cm³/mol. The lowest BCUT2D eigenvalue weighted by atomic mass is 10.1. The number of aromatic nitrogens is 2. The summed E-state index contributed by atoms with van der Waals surface area (Å²) in [6.45, 7) is 7.43. The zero-order valence-corrected chi connectivity index (χ0v) is 12.8. The lowest BCUT2D eigenvalue weighted by Gasteiger charge is -2.18. The fourth-order valence-electron chi connectivity index (χ4n) is 1.91. The fraction of sp³-hybridized carbons (Fsp3) is 0.294. The number of hydrogen-bond donors (Lipinski definition) is 0. The second-order valence-electron chi connectivity index (χ2n) is 5.72. The van der Waals surface area contributed by atoms with Gasteiger partial charge in [0.2, 0.25) is 0 Å². The summed E-state index contributed by atoms with van der Waals surface area (Å²) >= 11 is 0. The number of nitrogens with zero attached hydrogens (tertiary/aromatic N) is 2. The van der Waals surface area contributed by atoms with Crippen molar-refractivity contribution in [1.82, 2.24) is 9.78 Å². The van der Waals surface area contributed by atoms with Gasteiger partial charge < -0.3 is 4.74 Å². The van der Waals surface area contributed by atoms with Gasteiger partial charge in [-0.25, -0.2) is 4.79 Å². The molecule has 2 rings (SSSR count). The summed E-state index contributed by atoms with van der Waals surface area (Å²) in [4.78, 5) is 12.1. The molecule has 21 heavy (non-hydrogen) atoms. The van der Waals surface area contributed by atoms with E-state index >= 15 is 0 Å².